The number of amides is 1. The molecule has 4 N–H and O–H groups in total. The van der Waals surface area contributed by atoms with E-state index in [0.717, 1.165) is 10.8 Å². The number of rotatable bonds is 3. The Hall–Kier alpha value is -2.07. The molecule has 0 aliphatic carbocycles. The Morgan fingerprint density at radius 1 is 1.25 bits per heavy atom. The molecule has 0 bridgehead atoms. The molecule has 4 heteroatoms. The van der Waals surface area contributed by atoms with E-state index >= 15 is 0 Å². The van der Waals surface area contributed by atoms with Crippen LogP contribution in [0, 0.1) is 0 Å². The van der Waals surface area contributed by atoms with Crippen LogP contribution in [0.25, 0.3) is 10.8 Å². The number of aliphatic hydroxyl groups excluding tert-OH is 1. The van der Waals surface area contributed by atoms with Gasteiger partial charge in [0.05, 0.1) is 17.2 Å². The Balaban J connectivity index is 2.37. The number of aliphatic hydroxyl groups is 1. The van der Waals surface area contributed by atoms with Crippen molar-refractivity contribution in [2.75, 3.05) is 5.73 Å². The minimum absolute atomic E-state index is 0.279. The van der Waals surface area contributed by atoms with Crippen molar-refractivity contribution in [1.29, 1.82) is 0 Å². The summed E-state index contributed by atoms with van der Waals surface area (Å²) in [6.07, 6.45) is -0.659. The van der Waals surface area contributed by atoms with Crippen molar-refractivity contribution in [3.63, 3.8) is 0 Å². The van der Waals surface area contributed by atoms with Crippen molar-refractivity contribution in [2.45, 2.75) is 32.4 Å². The highest BCUT2D eigenvalue weighted by Crippen LogP contribution is 2.22. The predicted molar refractivity (Wildman–Crippen MR) is 81.6 cm³/mol. The summed E-state index contributed by atoms with van der Waals surface area (Å²) in [4.78, 5) is 12.3. The van der Waals surface area contributed by atoms with E-state index in [1.807, 2.05) is 24.3 Å². The summed E-state index contributed by atoms with van der Waals surface area (Å²) in [5.41, 5.74) is 6.11. The van der Waals surface area contributed by atoms with E-state index in [0.29, 0.717) is 11.3 Å². The second kappa shape index (κ2) is 5.13. The first kappa shape index (κ1) is 14.3. The second-order valence-electron chi connectivity index (χ2n) is 5.64. The SMILES string of the molecule is CC(O)C(C)(C)NC(=O)c1cc2ccccc2cc1N. The highest BCUT2D eigenvalue weighted by atomic mass is 16.3. The first-order valence-corrected chi connectivity index (χ1v) is 6.60. The maximum absolute atomic E-state index is 12.3. The molecule has 0 heterocycles. The van der Waals surface area contributed by atoms with E-state index in [2.05, 4.69) is 5.32 Å². The van der Waals surface area contributed by atoms with Gasteiger partial charge in [0.15, 0.2) is 0 Å². The van der Waals surface area contributed by atoms with Gasteiger partial charge in [-0.05, 0) is 43.7 Å². The molecule has 0 saturated heterocycles. The summed E-state index contributed by atoms with van der Waals surface area (Å²) >= 11 is 0. The number of hydrogen-bond donors (Lipinski definition) is 3. The summed E-state index contributed by atoms with van der Waals surface area (Å²) in [6.45, 7) is 5.18. The number of hydrogen-bond acceptors (Lipinski definition) is 3. The third-order valence-corrected chi connectivity index (χ3v) is 3.64. The van der Waals surface area contributed by atoms with Crippen LogP contribution in [0.3, 0.4) is 0 Å². The van der Waals surface area contributed by atoms with Crippen molar-refractivity contribution in [2.24, 2.45) is 0 Å². The van der Waals surface area contributed by atoms with Crippen LogP contribution in [-0.4, -0.2) is 22.7 Å². The zero-order valence-corrected chi connectivity index (χ0v) is 12.0. The van der Waals surface area contributed by atoms with Crippen LogP contribution in [0.5, 0.6) is 0 Å². The Morgan fingerprint density at radius 3 is 2.35 bits per heavy atom. The molecule has 0 aliphatic heterocycles. The molecule has 0 saturated carbocycles. The molecule has 20 heavy (non-hydrogen) atoms. The van der Waals surface area contributed by atoms with Crippen molar-refractivity contribution in [3.8, 4) is 0 Å². The van der Waals surface area contributed by atoms with Gasteiger partial charge in [0, 0.05) is 5.69 Å². The molecule has 0 spiro atoms. The average molecular weight is 272 g/mol. The van der Waals surface area contributed by atoms with Gasteiger partial charge in [0.25, 0.3) is 5.91 Å². The van der Waals surface area contributed by atoms with E-state index in [4.69, 9.17) is 5.73 Å². The van der Waals surface area contributed by atoms with Crippen LogP contribution in [0.15, 0.2) is 36.4 Å². The van der Waals surface area contributed by atoms with Crippen LogP contribution in [-0.2, 0) is 0 Å². The van der Waals surface area contributed by atoms with Gasteiger partial charge in [0.1, 0.15) is 0 Å². The third-order valence-electron chi connectivity index (χ3n) is 3.64. The summed E-state index contributed by atoms with van der Waals surface area (Å²) < 4.78 is 0. The first-order valence-electron chi connectivity index (χ1n) is 6.60. The molecule has 1 amide bonds. The van der Waals surface area contributed by atoms with E-state index in [-0.39, 0.29) is 5.91 Å². The number of nitrogens with one attached hydrogen (secondary N) is 1. The van der Waals surface area contributed by atoms with Gasteiger partial charge in [-0.3, -0.25) is 4.79 Å². The fourth-order valence-electron chi connectivity index (χ4n) is 1.92. The van der Waals surface area contributed by atoms with Crippen molar-refractivity contribution < 1.29 is 9.90 Å². The smallest absolute Gasteiger partial charge is 0.253 e. The van der Waals surface area contributed by atoms with E-state index in [1.165, 1.54) is 0 Å². The minimum Gasteiger partial charge on any atom is -0.398 e. The molecule has 106 valence electrons. The summed E-state index contributed by atoms with van der Waals surface area (Å²) in [7, 11) is 0. The third kappa shape index (κ3) is 2.75. The molecule has 0 fully saturated rings. The Kier molecular flexibility index (Phi) is 3.68. The number of carbonyl (C=O) groups is 1. The lowest BCUT2D eigenvalue weighted by atomic mass is 9.97. The normalized spacial score (nSPS) is 13.2. The zero-order chi connectivity index (χ0) is 14.9. The molecule has 1 unspecified atom stereocenters. The molecule has 1 atom stereocenters. The van der Waals surface area contributed by atoms with Gasteiger partial charge in [-0.25, -0.2) is 0 Å². The molecule has 0 radical (unpaired) electrons. The molecular formula is C16H20N2O2. The fraction of sp³-hybridized carbons (Fsp3) is 0.312. The number of nitrogens with two attached hydrogens (primary N) is 1. The largest absolute Gasteiger partial charge is 0.398 e. The monoisotopic (exact) mass is 272 g/mol. The van der Waals surface area contributed by atoms with Crippen LogP contribution in [0.1, 0.15) is 31.1 Å². The molecule has 4 nitrogen and oxygen atoms in total. The average Bonchev–Trinajstić information content (AvgIpc) is 2.37. The lowest BCUT2D eigenvalue weighted by molar-refractivity contribution is 0.0710. The number of benzene rings is 2. The van der Waals surface area contributed by atoms with E-state index < -0.39 is 11.6 Å². The summed E-state index contributed by atoms with van der Waals surface area (Å²) in [5.74, 6) is -0.279. The van der Waals surface area contributed by atoms with Gasteiger partial charge in [-0.15, -0.1) is 0 Å². The lowest BCUT2D eigenvalue weighted by Gasteiger charge is -2.29. The van der Waals surface area contributed by atoms with E-state index in [9.17, 15) is 9.90 Å². The summed E-state index contributed by atoms with van der Waals surface area (Å²) in [5, 5.41) is 14.4. The first-order chi connectivity index (χ1) is 9.31. The van der Waals surface area contributed by atoms with Crippen molar-refractivity contribution in [1.82, 2.24) is 5.32 Å². The lowest BCUT2D eigenvalue weighted by Crippen LogP contribution is -2.51. The summed E-state index contributed by atoms with van der Waals surface area (Å²) in [6, 6.07) is 11.3. The number of fused-ring (bicyclic) bond motifs is 1. The Morgan fingerprint density at radius 2 is 1.80 bits per heavy atom. The number of carbonyl (C=O) groups excluding carboxylic acids is 1. The zero-order valence-electron chi connectivity index (χ0n) is 12.0. The number of anilines is 1. The van der Waals surface area contributed by atoms with Gasteiger partial charge in [-0.1, -0.05) is 24.3 Å². The highest BCUT2D eigenvalue weighted by molar-refractivity contribution is 6.04. The topological polar surface area (TPSA) is 75.3 Å². The molecular weight excluding hydrogens is 252 g/mol. The van der Waals surface area contributed by atoms with Gasteiger partial charge < -0.3 is 16.2 Å². The Labute approximate surface area is 118 Å². The fourth-order valence-corrected chi connectivity index (χ4v) is 1.92. The number of nitrogen functional groups attached to an aromatic ring is 1. The quantitative estimate of drug-likeness (QED) is 0.750. The van der Waals surface area contributed by atoms with Crippen molar-refractivity contribution in [3.05, 3.63) is 42.0 Å². The maximum atomic E-state index is 12.3. The van der Waals surface area contributed by atoms with Gasteiger partial charge >= 0.3 is 0 Å². The van der Waals surface area contributed by atoms with Crippen LogP contribution in [0.2, 0.25) is 0 Å². The van der Waals surface area contributed by atoms with Crippen LogP contribution in [0.4, 0.5) is 5.69 Å². The van der Waals surface area contributed by atoms with Gasteiger partial charge in [0.2, 0.25) is 0 Å². The standard InChI is InChI=1S/C16H20N2O2/c1-10(19)16(2,3)18-15(20)13-8-11-6-4-5-7-12(11)9-14(13)17/h4-10,19H,17H2,1-3H3,(H,18,20). The van der Waals surface area contributed by atoms with Crippen LogP contribution < -0.4 is 11.1 Å². The molecule has 2 rings (SSSR count). The molecule has 0 aromatic heterocycles. The van der Waals surface area contributed by atoms with E-state index in [1.54, 1.807) is 32.9 Å². The maximum Gasteiger partial charge on any atom is 0.253 e. The minimum atomic E-state index is -0.713. The molecule has 0 aliphatic rings. The van der Waals surface area contributed by atoms with Crippen molar-refractivity contribution >= 4 is 22.4 Å². The molecule has 2 aromatic carbocycles. The second-order valence-corrected chi connectivity index (χ2v) is 5.64. The van der Waals surface area contributed by atoms with Crippen LogP contribution >= 0.6 is 0 Å². The van der Waals surface area contributed by atoms with Gasteiger partial charge in [-0.2, -0.15) is 0 Å². The predicted octanol–water partition coefficient (Wildman–Crippen LogP) is 2.31. The highest BCUT2D eigenvalue weighted by Gasteiger charge is 2.27. The molecule has 2 aromatic rings. The Bertz CT molecular complexity index is 648.